The van der Waals surface area contributed by atoms with E-state index in [2.05, 4.69) is 4.98 Å². The van der Waals surface area contributed by atoms with Crippen molar-refractivity contribution in [1.29, 1.82) is 0 Å². The molecule has 1 aliphatic rings. The molecule has 0 saturated carbocycles. The molecule has 0 fully saturated rings. The average molecular weight is 491 g/mol. The van der Waals surface area contributed by atoms with Gasteiger partial charge < -0.3 is 23.5 Å². The van der Waals surface area contributed by atoms with E-state index in [1.165, 1.54) is 23.6 Å². The van der Waals surface area contributed by atoms with E-state index in [1.54, 1.807) is 36.9 Å². The fourth-order valence-electron chi connectivity index (χ4n) is 3.48. The van der Waals surface area contributed by atoms with E-state index in [1.807, 2.05) is 6.92 Å². The molecule has 0 spiro atoms. The monoisotopic (exact) mass is 490 g/mol. The number of ether oxygens (including phenoxy) is 4. The largest absolute Gasteiger partial charge is 0.492 e. The lowest BCUT2D eigenvalue weighted by Gasteiger charge is -2.30. The highest BCUT2D eigenvalue weighted by Crippen LogP contribution is 2.45. The summed E-state index contributed by atoms with van der Waals surface area (Å²) in [6.07, 6.45) is 3.24. The van der Waals surface area contributed by atoms with Gasteiger partial charge in [-0.1, -0.05) is 11.6 Å². The first-order valence-electron chi connectivity index (χ1n) is 10.4. The third-order valence-electron chi connectivity index (χ3n) is 4.98. The molecule has 2 aromatic heterocycles. The molecule has 4 rings (SSSR count). The number of halogens is 1. The number of aromatic nitrogens is 2. The van der Waals surface area contributed by atoms with Crippen molar-refractivity contribution < 1.29 is 23.7 Å². The lowest BCUT2D eigenvalue weighted by molar-refractivity contribution is 0.0522. The van der Waals surface area contributed by atoms with Crippen LogP contribution >= 0.6 is 22.9 Å². The predicted octanol–water partition coefficient (Wildman–Crippen LogP) is 4.46. The summed E-state index contributed by atoms with van der Waals surface area (Å²) >= 11 is 7.94. The quantitative estimate of drug-likeness (QED) is 0.340. The second kappa shape index (κ2) is 9.94. The highest BCUT2D eigenvalue weighted by atomic mass is 35.5. The molecule has 0 radical (unpaired) electrons. The molecule has 0 amide bonds. The molecule has 0 aliphatic carbocycles. The molecule has 33 heavy (non-hydrogen) atoms. The van der Waals surface area contributed by atoms with Gasteiger partial charge in [-0.25, -0.2) is 9.78 Å². The lowest BCUT2D eigenvalue weighted by atomic mass is 10.1. The maximum Gasteiger partial charge on any atom is 0.343 e. The smallest absolute Gasteiger partial charge is 0.343 e. The summed E-state index contributed by atoms with van der Waals surface area (Å²) in [7, 11) is 1.63. The molecule has 0 saturated heterocycles. The van der Waals surface area contributed by atoms with Crippen molar-refractivity contribution in [3.05, 3.63) is 61.3 Å². The van der Waals surface area contributed by atoms with Crippen molar-refractivity contribution in [3.8, 4) is 22.8 Å². The van der Waals surface area contributed by atoms with Crippen LogP contribution in [0, 0.1) is 6.92 Å². The van der Waals surface area contributed by atoms with E-state index in [4.69, 9.17) is 30.5 Å². The van der Waals surface area contributed by atoms with E-state index in [9.17, 15) is 9.59 Å². The molecular weight excluding hydrogens is 468 g/mol. The first kappa shape index (κ1) is 23.3. The van der Waals surface area contributed by atoms with Crippen LogP contribution < -0.4 is 14.9 Å². The molecule has 0 N–H and O–H groups in total. The van der Waals surface area contributed by atoms with Gasteiger partial charge in [0.2, 0.25) is 6.23 Å². The Hall–Kier alpha value is -2.88. The minimum Gasteiger partial charge on any atom is -0.492 e. The van der Waals surface area contributed by atoms with Crippen molar-refractivity contribution in [3.63, 3.8) is 0 Å². The second-order valence-electron chi connectivity index (χ2n) is 7.32. The number of rotatable bonds is 8. The van der Waals surface area contributed by atoms with Crippen LogP contribution in [0.2, 0.25) is 5.02 Å². The molecule has 1 unspecified atom stereocenters. The maximum atomic E-state index is 12.8. The van der Waals surface area contributed by atoms with Crippen LogP contribution in [-0.2, 0) is 9.47 Å². The number of aryl methyl sites for hydroxylation is 1. The zero-order chi connectivity index (χ0) is 23.5. The number of pyridine rings is 1. The number of methoxy groups -OCH3 is 1. The molecule has 1 atom stereocenters. The van der Waals surface area contributed by atoms with E-state index < -0.39 is 17.6 Å². The van der Waals surface area contributed by atoms with Gasteiger partial charge in [0.25, 0.3) is 0 Å². The summed E-state index contributed by atoms with van der Waals surface area (Å²) in [4.78, 5) is 30.6. The number of benzene rings is 1. The Morgan fingerprint density at radius 2 is 2.12 bits per heavy atom. The Morgan fingerprint density at radius 3 is 2.82 bits per heavy atom. The van der Waals surface area contributed by atoms with Crippen LogP contribution in [0.15, 0.2) is 35.4 Å². The minimum absolute atomic E-state index is 0.0740. The topological polar surface area (TPSA) is 88.9 Å². The van der Waals surface area contributed by atoms with Gasteiger partial charge in [-0.15, -0.1) is 11.3 Å². The van der Waals surface area contributed by atoms with Gasteiger partial charge in [0.05, 0.1) is 23.9 Å². The summed E-state index contributed by atoms with van der Waals surface area (Å²) in [5.41, 5.74) is 0.647. The number of carbonyl (C=O) groups excluding carboxylic acids is 1. The van der Waals surface area contributed by atoms with Gasteiger partial charge >= 0.3 is 5.97 Å². The normalized spacial score (nSPS) is 14.2. The zero-order valence-electron chi connectivity index (χ0n) is 18.4. The SMILES string of the molecule is CCOC(=O)c1cn2c(cc1=O)-c1cc(Cl)c(OCCCOC)cc1OC2c1ncc(C)s1. The van der Waals surface area contributed by atoms with Crippen LogP contribution in [0.25, 0.3) is 11.3 Å². The fourth-order valence-corrected chi connectivity index (χ4v) is 4.50. The third-order valence-corrected chi connectivity index (χ3v) is 6.22. The van der Waals surface area contributed by atoms with Crippen LogP contribution in [0.3, 0.4) is 0 Å². The van der Waals surface area contributed by atoms with E-state index in [0.29, 0.717) is 52.4 Å². The van der Waals surface area contributed by atoms with Gasteiger partial charge in [0.15, 0.2) is 10.4 Å². The molecular formula is C23H23ClN2O6S. The minimum atomic E-state index is -0.685. The molecule has 8 nitrogen and oxygen atoms in total. The van der Waals surface area contributed by atoms with Crippen molar-refractivity contribution >= 4 is 28.9 Å². The van der Waals surface area contributed by atoms with Gasteiger partial charge in [-0.2, -0.15) is 0 Å². The van der Waals surface area contributed by atoms with Crippen molar-refractivity contribution in [2.75, 3.05) is 26.9 Å². The molecule has 3 aromatic rings. The molecule has 0 bridgehead atoms. The van der Waals surface area contributed by atoms with E-state index in [-0.39, 0.29) is 12.2 Å². The van der Waals surface area contributed by atoms with E-state index >= 15 is 0 Å². The number of esters is 1. The van der Waals surface area contributed by atoms with Gasteiger partial charge in [-0.3, -0.25) is 4.79 Å². The first-order valence-corrected chi connectivity index (χ1v) is 11.6. The Kier molecular flexibility index (Phi) is 7.02. The van der Waals surface area contributed by atoms with Crippen LogP contribution in [0.5, 0.6) is 11.5 Å². The predicted molar refractivity (Wildman–Crippen MR) is 125 cm³/mol. The van der Waals surface area contributed by atoms with Crippen LogP contribution in [0.1, 0.15) is 39.8 Å². The summed E-state index contributed by atoms with van der Waals surface area (Å²) in [6, 6.07) is 4.81. The van der Waals surface area contributed by atoms with E-state index in [0.717, 1.165) is 4.88 Å². The van der Waals surface area contributed by atoms with Crippen molar-refractivity contribution in [2.24, 2.45) is 0 Å². The van der Waals surface area contributed by atoms with Crippen LogP contribution in [0.4, 0.5) is 0 Å². The summed E-state index contributed by atoms with van der Waals surface area (Å²) in [6.45, 7) is 4.80. The number of hydrogen-bond acceptors (Lipinski definition) is 8. The number of thiazole rings is 1. The molecule has 1 aromatic carbocycles. The highest BCUT2D eigenvalue weighted by Gasteiger charge is 2.31. The average Bonchev–Trinajstić information content (AvgIpc) is 3.22. The second-order valence-corrected chi connectivity index (χ2v) is 8.99. The van der Waals surface area contributed by atoms with Crippen LogP contribution in [-0.4, -0.2) is 42.5 Å². The number of nitrogens with zero attached hydrogens (tertiary/aromatic N) is 2. The molecule has 174 valence electrons. The number of carbonyl (C=O) groups is 1. The molecule has 1 aliphatic heterocycles. The Morgan fingerprint density at radius 1 is 1.30 bits per heavy atom. The van der Waals surface area contributed by atoms with Gasteiger partial charge in [0.1, 0.15) is 17.1 Å². The standard InChI is InChI=1S/C23H23ClN2O6S/c1-4-30-23(28)15-12-26-17(9-18(15)27)14-8-16(24)20(31-7-5-6-29-3)10-19(14)32-22(26)21-25-11-13(2)33-21/h8-12,22H,4-7H2,1-3H3. The number of hydrogen-bond donors (Lipinski definition) is 0. The first-order chi connectivity index (χ1) is 15.9. The highest BCUT2D eigenvalue weighted by molar-refractivity contribution is 7.11. The van der Waals surface area contributed by atoms with Gasteiger partial charge in [0, 0.05) is 55.1 Å². The fraction of sp³-hybridized carbons (Fsp3) is 0.348. The van der Waals surface area contributed by atoms with Crippen molar-refractivity contribution in [1.82, 2.24) is 9.55 Å². The third kappa shape index (κ3) is 4.75. The summed E-state index contributed by atoms with van der Waals surface area (Å²) < 4.78 is 23.9. The number of fused-ring (bicyclic) bond motifs is 3. The Labute approximate surface area is 199 Å². The Balaban J connectivity index is 1.81. The maximum absolute atomic E-state index is 12.8. The Bertz CT molecular complexity index is 1240. The zero-order valence-corrected chi connectivity index (χ0v) is 20.0. The van der Waals surface area contributed by atoms with Crippen molar-refractivity contribution in [2.45, 2.75) is 26.5 Å². The molecule has 3 heterocycles. The lowest BCUT2D eigenvalue weighted by Crippen LogP contribution is -2.28. The molecule has 10 heteroatoms. The van der Waals surface area contributed by atoms with Gasteiger partial charge in [-0.05, 0) is 19.9 Å². The summed E-state index contributed by atoms with van der Waals surface area (Å²) in [5.74, 6) is 0.289. The summed E-state index contributed by atoms with van der Waals surface area (Å²) in [5, 5.41) is 1.06.